The summed E-state index contributed by atoms with van der Waals surface area (Å²) in [5.41, 5.74) is 1.07. The Labute approximate surface area is 172 Å². The first-order chi connectivity index (χ1) is 14.3. The molecule has 156 valence electrons. The number of hydrogen-bond donors (Lipinski definition) is 0. The summed E-state index contributed by atoms with van der Waals surface area (Å²) in [6.45, 7) is 1.19. The Kier molecular flexibility index (Phi) is 6.10. The molecule has 0 radical (unpaired) electrons. The Morgan fingerprint density at radius 1 is 1.23 bits per heavy atom. The number of nitrogens with zero attached hydrogens (tertiary/aromatic N) is 2. The number of nitro groups is 1. The summed E-state index contributed by atoms with van der Waals surface area (Å²) in [4.78, 5) is 48.9. The van der Waals surface area contributed by atoms with Crippen LogP contribution in [0.1, 0.15) is 22.3 Å². The van der Waals surface area contributed by atoms with Crippen LogP contribution in [0.4, 0.5) is 11.4 Å². The number of esters is 1. The Morgan fingerprint density at radius 2 is 2.00 bits per heavy atom. The Balaban J connectivity index is 1.63. The van der Waals surface area contributed by atoms with Crippen molar-refractivity contribution in [2.75, 3.05) is 25.2 Å². The molecule has 1 aliphatic rings. The number of ether oxygens (including phenoxy) is 2. The van der Waals surface area contributed by atoms with E-state index in [0.29, 0.717) is 22.6 Å². The first-order valence-corrected chi connectivity index (χ1v) is 9.19. The van der Waals surface area contributed by atoms with Crippen LogP contribution in [0.2, 0.25) is 0 Å². The molecule has 1 atom stereocenters. The zero-order valence-electron chi connectivity index (χ0n) is 16.5. The molecular weight excluding hydrogens is 392 g/mol. The Hall–Kier alpha value is -3.75. The highest BCUT2D eigenvalue weighted by atomic mass is 16.6. The van der Waals surface area contributed by atoms with Crippen molar-refractivity contribution in [2.24, 2.45) is 5.92 Å². The van der Waals surface area contributed by atoms with E-state index in [0.717, 1.165) is 0 Å². The van der Waals surface area contributed by atoms with Crippen molar-refractivity contribution in [3.05, 3.63) is 63.7 Å². The molecule has 0 unspecified atom stereocenters. The molecule has 9 heteroatoms. The van der Waals surface area contributed by atoms with E-state index in [9.17, 15) is 24.5 Å². The van der Waals surface area contributed by atoms with Gasteiger partial charge in [0.05, 0.1) is 23.6 Å². The molecule has 0 spiro atoms. The van der Waals surface area contributed by atoms with Gasteiger partial charge in [-0.1, -0.05) is 18.2 Å². The molecule has 0 saturated carbocycles. The SMILES string of the molecule is COc1cccc(C(=O)COC(=O)[C@@H]2CC(=O)N(c3ccc(C)c([N+](=O)[O-])c3)C2)c1. The fourth-order valence-electron chi connectivity index (χ4n) is 3.21. The van der Waals surface area contributed by atoms with Crippen LogP contribution in [0.25, 0.3) is 0 Å². The molecule has 0 N–H and O–H groups in total. The number of aryl methyl sites for hydroxylation is 1. The lowest BCUT2D eigenvalue weighted by Gasteiger charge is -2.16. The molecule has 1 aliphatic heterocycles. The molecule has 2 aromatic carbocycles. The largest absolute Gasteiger partial charge is 0.497 e. The van der Waals surface area contributed by atoms with Crippen LogP contribution in [0.15, 0.2) is 42.5 Å². The van der Waals surface area contributed by atoms with Gasteiger partial charge in [0.1, 0.15) is 5.75 Å². The van der Waals surface area contributed by atoms with E-state index < -0.39 is 29.2 Å². The molecule has 1 heterocycles. The van der Waals surface area contributed by atoms with Crippen LogP contribution >= 0.6 is 0 Å². The van der Waals surface area contributed by atoms with Crippen LogP contribution in [-0.2, 0) is 14.3 Å². The zero-order valence-corrected chi connectivity index (χ0v) is 16.5. The predicted octanol–water partition coefficient (Wildman–Crippen LogP) is 2.69. The van der Waals surface area contributed by atoms with Gasteiger partial charge in [0.2, 0.25) is 5.91 Å². The van der Waals surface area contributed by atoms with Crippen molar-refractivity contribution in [1.82, 2.24) is 0 Å². The highest BCUT2D eigenvalue weighted by Gasteiger charge is 2.37. The van der Waals surface area contributed by atoms with Gasteiger partial charge in [0, 0.05) is 30.2 Å². The summed E-state index contributed by atoms with van der Waals surface area (Å²) in [6.07, 6.45) is -0.0894. The average Bonchev–Trinajstić information content (AvgIpc) is 3.13. The van der Waals surface area contributed by atoms with Crippen molar-refractivity contribution in [3.63, 3.8) is 0 Å². The van der Waals surface area contributed by atoms with Gasteiger partial charge in [-0.3, -0.25) is 24.5 Å². The number of rotatable bonds is 7. The Bertz CT molecular complexity index is 1020. The van der Waals surface area contributed by atoms with Crippen LogP contribution in [0, 0.1) is 23.0 Å². The number of anilines is 1. The van der Waals surface area contributed by atoms with Crippen LogP contribution in [0.5, 0.6) is 5.75 Å². The molecule has 0 bridgehead atoms. The monoisotopic (exact) mass is 412 g/mol. The van der Waals surface area contributed by atoms with Gasteiger partial charge in [0.15, 0.2) is 12.4 Å². The number of carbonyl (C=O) groups is 3. The Morgan fingerprint density at radius 3 is 2.70 bits per heavy atom. The summed E-state index contributed by atoms with van der Waals surface area (Å²) < 4.78 is 10.2. The molecule has 0 aromatic heterocycles. The summed E-state index contributed by atoms with van der Waals surface area (Å²) in [5.74, 6) is -1.64. The van der Waals surface area contributed by atoms with Crippen molar-refractivity contribution in [1.29, 1.82) is 0 Å². The van der Waals surface area contributed by atoms with Gasteiger partial charge in [0.25, 0.3) is 5.69 Å². The summed E-state index contributed by atoms with van der Waals surface area (Å²) in [5, 5.41) is 11.1. The minimum Gasteiger partial charge on any atom is -0.497 e. The molecule has 30 heavy (non-hydrogen) atoms. The van der Waals surface area contributed by atoms with E-state index in [1.165, 1.54) is 18.1 Å². The number of ketones is 1. The maximum absolute atomic E-state index is 12.4. The second-order valence-electron chi connectivity index (χ2n) is 6.90. The molecule has 9 nitrogen and oxygen atoms in total. The van der Waals surface area contributed by atoms with Crippen LogP contribution in [-0.4, -0.2) is 42.8 Å². The number of Topliss-reactive ketones (excluding diaryl/α,β-unsaturated/α-hetero) is 1. The number of nitro benzene ring substituents is 1. The van der Waals surface area contributed by atoms with Crippen molar-refractivity contribution in [2.45, 2.75) is 13.3 Å². The van der Waals surface area contributed by atoms with Gasteiger partial charge < -0.3 is 14.4 Å². The molecule has 0 aliphatic carbocycles. The normalized spacial score (nSPS) is 15.7. The number of methoxy groups -OCH3 is 1. The van der Waals surface area contributed by atoms with E-state index >= 15 is 0 Å². The van der Waals surface area contributed by atoms with Gasteiger partial charge in [-0.25, -0.2) is 0 Å². The first-order valence-electron chi connectivity index (χ1n) is 9.19. The summed E-state index contributed by atoms with van der Waals surface area (Å²) in [6, 6.07) is 10.9. The third-order valence-corrected chi connectivity index (χ3v) is 4.90. The lowest BCUT2D eigenvalue weighted by Crippen LogP contribution is -2.27. The molecule has 1 saturated heterocycles. The van der Waals surface area contributed by atoms with E-state index in [-0.39, 0.29) is 24.6 Å². The lowest BCUT2D eigenvalue weighted by molar-refractivity contribution is -0.385. The molecule has 3 rings (SSSR count). The smallest absolute Gasteiger partial charge is 0.311 e. The lowest BCUT2D eigenvalue weighted by atomic mass is 10.1. The van der Waals surface area contributed by atoms with Crippen LogP contribution in [0.3, 0.4) is 0 Å². The minimum absolute atomic E-state index is 0.0330. The average molecular weight is 412 g/mol. The van der Waals surface area contributed by atoms with Crippen molar-refractivity contribution in [3.8, 4) is 5.75 Å². The van der Waals surface area contributed by atoms with E-state index in [2.05, 4.69) is 0 Å². The second-order valence-corrected chi connectivity index (χ2v) is 6.90. The van der Waals surface area contributed by atoms with E-state index in [4.69, 9.17) is 9.47 Å². The molecule has 1 amide bonds. The van der Waals surface area contributed by atoms with Crippen LogP contribution < -0.4 is 9.64 Å². The third kappa shape index (κ3) is 4.45. The highest BCUT2D eigenvalue weighted by Crippen LogP contribution is 2.30. The standard InChI is InChI=1S/C21H20N2O7/c1-13-6-7-16(10-18(13)23(27)28)22-11-15(9-20(22)25)21(26)30-12-19(24)14-4-3-5-17(8-14)29-2/h3-8,10,15H,9,11-12H2,1-2H3/t15-/m1/s1. The maximum Gasteiger partial charge on any atom is 0.311 e. The first kappa shape index (κ1) is 21.0. The fraction of sp³-hybridized carbons (Fsp3) is 0.286. The fourth-order valence-corrected chi connectivity index (χ4v) is 3.21. The molecule has 2 aromatic rings. The summed E-state index contributed by atoms with van der Waals surface area (Å²) in [7, 11) is 1.48. The van der Waals surface area contributed by atoms with Gasteiger partial charge in [-0.15, -0.1) is 0 Å². The second kappa shape index (κ2) is 8.73. The molecule has 1 fully saturated rings. The molecular formula is C21H20N2O7. The minimum atomic E-state index is -0.754. The number of carbonyl (C=O) groups excluding carboxylic acids is 3. The van der Waals surface area contributed by atoms with Gasteiger partial charge in [-0.05, 0) is 25.1 Å². The van der Waals surface area contributed by atoms with Crippen molar-refractivity contribution >= 4 is 29.0 Å². The van der Waals surface area contributed by atoms with Gasteiger partial charge >= 0.3 is 5.97 Å². The number of benzene rings is 2. The highest BCUT2D eigenvalue weighted by molar-refractivity contribution is 6.01. The predicted molar refractivity (Wildman–Crippen MR) is 107 cm³/mol. The zero-order chi connectivity index (χ0) is 21.8. The van der Waals surface area contributed by atoms with E-state index in [1.54, 1.807) is 43.3 Å². The maximum atomic E-state index is 12.4. The third-order valence-electron chi connectivity index (χ3n) is 4.90. The number of amides is 1. The quantitative estimate of drug-likeness (QED) is 0.297. The van der Waals surface area contributed by atoms with E-state index in [1.807, 2.05) is 0 Å². The summed E-state index contributed by atoms with van der Waals surface area (Å²) >= 11 is 0. The number of hydrogen-bond acceptors (Lipinski definition) is 7. The van der Waals surface area contributed by atoms with Gasteiger partial charge in [-0.2, -0.15) is 0 Å². The van der Waals surface area contributed by atoms with Crippen molar-refractivity contribution < 1.29 is 28.8 Å². The topological polar surface area (TPSA) is 116 Å².